The maximum absolute atomic E-state index is 12.9. The van der Waals surface area contributed by atoms with E-state index < -0.39 is 6.10 Å². The molecule has 0 aromatic carbocycles. The van der Waals surface area contributed by atoms with Gasteiger partial charge in [-0.25, -0.2) is 0 Å². The predicted molar refractivity (Wildman–Crippen MR) is 348 cm³/mol. The highest BCUT2D eigenvalue weighted by Gasteiger charge is 2.19. The zero-order valence-corrected chi connectivity index (χ0v) is 53.3. The van der Waals surface area contributed by atoms with Crippen LogP contribution in [-0.2, 0) is 28.6 Å². The van der Waals surface area contributed by atoms with E-state index >= 15 is 0 Å². The third-order valence-corrected chi connectivity index (χ3v) is 15.4. The number of unbranched alkanes of at least 4 members (excludes halogenated alkanes) is 41. The molecular weight excluding hydrogens is 985 g/mol. The van der Waals surface area contributed by atoms with Crippen molar-refractivity contribution in [2.24, 2.45) is 0 Å². The average Bonchev–Trinajstić information content (AvgIpc) is 3.46. The van der Waals surface area contributed by atoms with Crippen molar-refractivity contribution in [3.8, 4) is 0 Å². The summed E-state index contributed by atoms with van der Waals surface area (Å²) >= 11 is 0. The van der Waals surface area contributed by atoms with Gasteiger partial charge in [-0.2, -0.15) is 0 Å². The second-order valence-corrected chi connectivity index (χ2v) is 23.4. The van der Waals surface area contributed by atoms with E-state index in [0.717, 1.165) is 96.3 Å². The average molecular weight is 1120 g/mol. The Morgan fingerprint density at radius 1 is 0.263 bits per heavy atom. The van der Waals surface area contributed by atoms with Gasteiger partial charge in [0.15, 0.2) is 6.10 Å². The standard InChI is InChI=1S/C74H132O6/c1-4-7-10-13-16-19-22-25-28-31-34-35-36-37-38-39-41-43-46-49-52-55-58-61-64-67-73(76)79-70-71(69-78-72(75)66-63-60-57-54-51-48-45-42-33-30-27-24-21-18-15-12-9-6-3)80-74(77)68-65-62-59-56-53-50-47-44-40-32-29-26-23-20-17-14-11-8-5-2/h8,11,17,20,26,29-31,33-34,40,44,71H,4-7,9-10,12-16,18-19,21-25,27-28,32,35-39,41-43,45-70H2,1-3H3/b11-8-,20-17-,29-26-,33-30-,34-31-,44-40-. The van der Waals surface area contributed by atoms with Crippen LogP contribution in [0.25, 0.3) is 0 Å². The Hall–Kier alpha value is -3.15. The van der Waals surface area contributed by atoms with Crippen LogP contribution in [0.4, 0.5) is 0 Å². The summed E-state index contributed by atoms with van der Waals surface area (Å²) < 4.78 is 17.0. The van der Waals surface area contributed by atoms with Crippen molar-refractivity contribution < 1.29 is 28.6 Å². The Balaban J connectivity index is 4.34. The normalized spacial score (nSPS) is 12.5. The molecule has 0 spiro atoms. The van der Waals surface area contributed by atoms with Crippen LogP contribution in [0, 0.1) is 0 Å². The molecule has 0 heterocycles. The van der Waals surface area contributed by atoms with E-state index in [-0.39, 0.29) is 31.1 Å². The molecule has 0 rings (SSSR count). The van der Waals surface area contributed by atoms with Crippen molar-refractivity contribution in [3.63, 3.8) is 0 Å². The summed E-state index contributed by atoms with van der Waals surface area (Å²) in [6, 6.07) is 0. The highest BCUT2D eigenvalue weighted by atomic mass is 16.6. The molecule has 0 aliphatic heterocycles. The van der Waals surface area contributed by atoms with Gasteiger partial charge in [0.25, 0.3) is 0 Å². The van der Waals surface area contributed by atoms with E-state index in [1.807, 2.05) is 0 Å². The van der Waals surface area contributed by atoms with Gasteiger partial charge in [0.05, 0.1) is 0 Å². The molecule has 0 saturated heterocycles. The number of rotatable bonds is 64. The number of allylic oxidation sites excluding steroid dienone is 12. The molecule has 6 heteroatoms. The molecule has 0 N–H and O–H groups in total. The van der Waals surface area contributed by atoms with Crippen molar-refractivity contribution in [2.45, 2.75) is 367 Å². The second-order valence-electron chi connectivity index (χ2n) is 23.4. The van der Waals surface area contributed by atoms with E-state index in [9.17, 15) is 14.4 Å². The molecule has 0 radical (unpaired) electrons. The van der Waals surface area contributed by atoms with Gasteiger partial charge in [-0.1, -0.05) is 306 Å². The van der Waals surface area contributed by atoms with Crippen molar-refractivity contribution in [1.82, 2.24) is 0 Å². The fourth-order valence-electron chi connectivity index (χ4n) is 10.2. The predicted octanol–water partition coefficient (Wildman–Crippen LogP) is 24.1. The minimum Gasteiger partial charge on any atom is -0.462 e. The molecule has 6 nitrogen and oxygen atoms in total. The first-order valence-corrected chi connectivity index (χ1v) is 34.9. The summed E-state index contributed by atoms with van der Waals surface area (Å²) in [5, 5.41) is 0. The number of carbonyl (C=O) groups excluding carboxylic acids is 3. The van der Waals surface area contributed by atoms with Gasteiger partial charge in [0.1, 0.15) is 13.2 Å². The van der Waals surface area contributed by atoms with Crippen LogP contribution in [0.3, 0.4) is 0 Å². The van der Waals surface area contributed by atoms with Crippen LogP contribution in [0.5, 0.6) is 0 Å². The lowest BCUT2D eigenvalue weighted by Gasteiger charge is -2.18. The molecule has 0 aromatic heterocycles. The number of esters is 3. The lowest BCUT2D eigenvalue weighted by Crippen LogP contribution is -2.30. The Kier molecular flexibility index (Phi) is 65.7. The monoisotopic (exact) mass is 1120 g/mol. The van der Waals surface area contributed by atoms with E-state index in [1.165, 1.54) is 225 Å². The smallest absolute Gasteiger partial charge is 0.306 e. The van der Waals surface area contributed by atoms with E-state index in [1.54, 1.807) is 0 Å². The van der Waals surface area contributed by atoms with Gasteiger partial charge >= 0.3 is 17.9 Å². The summed E-state index contributed by atoms with van der Waals surface area (Å²) in [5.41, 5.74) is 0. The summed E-state index contributed by atoms with van der Waals surface area (Å²) in [7, 11) is 0. The van der Waals surface area contributed by atoms with E-state index in [0.29, 0.717) is 19.3 Å². The zero-order valence-electron chi connectivity index (χ0n) is 53.3. The van der Waals surface area contributed by atoms with Crippen molar-refractivity contribution in [1.29, 1.82) is 0 Å². The Morgan fingerprint density at radius 2 is 0.487 bits per heavy atom. The van der Waals surface area contributed by atoms with Crippen LogP contribution >= 0.6 is 0 Å². The minimum atomic E-state index is -0.787. The highest BCUT2D eigenvalue weighted by molar-refractivity contribution is 5.71. The molecule has 0 aliphatic carbocycles. The third-order valence-electron chi connectivity index (χ3n) is 15.4. The largest absolute Gasteiger partial charge is 0.462 e. The third kappa shape index (κ3) is 65.7. The van der Waals surface area contributed by atoms with Crippen molar-refractivity contribution >= 4 is 17.9 Å². The fraction of sp³-hybridized carbons (Fsp3) is 0.797. The Labute approximate surface area is 497 Å². The van der Waals surface area contributed by atoms with Crippen LogP contribution in [0.2, 0.25) is 0 Å². The lowest BCUT2D eigenvalue weighted by molar-refractivity contribution is -0.167. The number of hydrogen-bond donors (Lipinski definition) is 0. The number of hydrogen-bond acceptors (Lipinski definition) is 6. The van der Waals surface area contributed by atoms with E-state index in [4.69, 9.17) is 14.2 Å². The summed E-state index contributed by atoms with van der Waals surface area (Å²) in [6.45, 7) is 6.56. The SMILES string of the molecule is CC/C=C\C/C=C\C/C=C\C/C=C\CCCCCCCCC(=O)OC(COC(=O)CCCCCCCCC/C=C\CCCCCCCCC)COC(=O)CCCCCCCCCCCCCCC/C=C\CCCCCCCCCC. The molecule has 0 aliphatic rings. The lowest BCUT2D eigenvalue weighted by atomic mass is 10.0. The number of carbonyl (C=O) groups is 3. The van der Waals surface area contributed by atoms with Crippen molar-refractivity contribution in [2.75, 3.05) is 13.2 Å². The Morgan fingerprint density at radius 3 is 0.775 bits per heavy atom. The summed E-state index contributed by atoms with van der Waals surface area (Å²) in [6.07, 6.45) is 89.2. The maximum atomic E-state index is 12.9. The maximum Gasteiger partial charge on any atom is 0.306 e. The van der Waals surface area contributed by atoms with Crippen LogP contribution in [0.1, 0.15) is 361 Å². The molecule has 464 valence electrons. The zero-order chi connectivity index (χ0) is 57.8. The van der Waals surface area contributed by atoms with Gasteiger partial charge in [-0.05, 0) is 109 Å². The van der Waals surface area contributed by atoms with Crippen LogP contribution in [-0.4, -0.2) is 37.2 Å². The molecule has 0 saturated carbocycles. The van der Waals surface area contributed by atoms with Gasteiger partial charge in [-0.15, -0.1) is 0 Å². The number of ether oxygens (including phenoxy) is 3. The molecule has 0 aromatic rings. The van der Waals surface area contributed by atoms with Gasteiger partial charge in [-0.3, -0.25) is 14.4 Å². The first-order valence-electron chi connectivity index (χ1n) is 34.9. The molecule has 0 amide bonds. The quantitative estimate of drug-likeness (QED) is 0.0261. The minimum absolute atomic E-state index is 0.0805. The molecule has 80 heavy (non-hydrogen) atoms. The van der Waals surface area contributed by atoms with Crippen LogP contribution < -0.4 is 0 Å². The second kappa shape index (κ2) is 68.3. The molecular formula is C74H132O6. The molecule has 0 bridgehead atoms. The topological polar surface area (TPSA) is 78.9 Å². The van der Waals surface area contributed by atoms with Gasteiger partial charge in [0, 0.05) is 19.3 Å². The van der Waals surface area contributed by atoms with Gasteiger partial charge < -0.3 is 14.2 Å². The first-order chi connectivity index (χ1) is 39.5. The highest BCUT2D eigenvalue weighted by Crippen LogP contribution is 2.17. The first kappa shape index (κ1) is 76.9. The molecule has 1 atom stereocenters. The summed E-state index contributed by atoms with van der Waals surface area (Å²) in [4.78, 5) is 38.5. The van der Waals surface area contributed by atoms with Crippen LogP contribution in [0.15, 0.2) is 72.9 Å². The Bertz CT molecular complexity index is 1470. The fourth-order valence-corrected chi connectivity index (χ4v) is 10.2. The molecule has 0 fully saturated rings. The summed E-state index contributed by atoms with van der Waals surface area (Å²) in [5.74, 6) is -0.879. The van der Waals surface area contributed by atoms with E-state index in [2.05, 4.69) is 93.7 Å². The molecule has 1 unspecified atom stereocenters. The van der Waals surface area contributed by atoms with Crippen molar-refractivity contribution in [3.05, 3.63) is 72.9 Å². The van der Waals surface area contributed by atoms with Gasteiger partial charge in [0.2, 0.25) is 0 Å².